The van der Waals surface area contributed by atoms with Crippen molar-refractivity contribution in [2.45, 2.75) is 0 Å². The van der Waals surface area contributed by atoms with Gasteiger partial charge in [0.15, 0.2) is 0 Å². The lowest BCUT2D eigenvalue weighted by molar-refractivity contribution is 0.0937. The fourth-order valence-corrected chi connectivity index (χ4v) is 2.35. The Hall–Kier alpha value is -3.11. The van der Waals surface area contributed by atoms with Crippen LogP contribution in [0.3, 0.4) is 0 Å². The van der Waals surface area contributed by atoms with Crippen LogP contribution in [0.25, 0.3) is 5.57 Å². The summed E-state index contributed by atoms with van der Waals surface area (Å²) in [6.07, 6.45) is 1.48. The van der Waals surface area contributed by atoms with Crippen molar-refractivity contribution >= 4 is 29.3 Å². The van der Waals surface area contributed by atoms with Crippen LogP contribution >= 0.6 is 0 Å². The molecule has 1 radical (unpaired) electrons. The Kier molecular flexibility index (Phi) is 3.37. The van der Waals surface area contributed by atoms with Crippen LogP contribution < -0.4 is 21.8 Å². The van der Waals surface area contributed by atoms with E-state index in [2.05, 4.69) is 33.0 Å². The van der Waals surface area contributed by atoms with Gasteiger partial charge in [0, 0.05) is 11.1 Å². The molecule has 2 aliphatic rings. The molecule has 0 saturated carbocycles. The molecule has 109 valence electrons. The largest absolute Gasteiger partial charge is 0.366 e. The molecule has 2 heterocycles. The van der Waals surface area contributed by atoms with E-state index in [1.807, 2.05) is 0 Å². The Labute approximate surface area is 126 Å². The molecule has 1 aromatic carbocycles. The average molecular weight is 294 g/mol. The standard InChI is InChI=1S/C15H12N5O2/c1-17-6-2-3-10-9-7-18-20-15(22)13-8(14(16)21)4-5-11(19-10)12(9)13/h4-5,7,17H,6H2,1H3,(H2,16,21)(H,20,22). The lowest BCUT2D eigenvalue weighted by atomic mass is 9.94. The zero-order valence-corrected chi connectivity index (χ0v) is 11.7. The number of allylic oxidation sites excluding steroid dienone is 2. The van der Waals surface area contributed by atoms with E-state index in [9.17, 15) is 9.59 Å². The molecule has 0 saturated heterocycles. The van der Waals surface area contributed by atoms with Crippen molar-refractivity contribution in [3.8, 4) is 11.8 Å². The highest BCUT2D eigenvalue weighted by Crippen LogP contribution is 2.38. The van der Waals surface area contributed by atoms with Gasteiger partial charge in [-0.25, -0.2) is 10.7 Å². The fraction of sp³-hybridized carbons (Fsp3) is 0.133. The minimum absolute atomic E-state index is 0.138. The molecular formula is C15H12N5O2. The van der Waals surface area contributed by atoms with Crippen LogP contribution in [-0.4, -0.2) is 31.6 Å². The van der Waals surface area contributed by atoms with E-state index in [4.69, 9.17) is 5.73 Å². The summed E-state index contributed by atoms with van der Waals surface area (Å²) in [4.78, 5) is 23.8. The van der Waals surface area contributed by atoms with Crippen molar-refractivity contribution < 1.29 is 9.59 Å². The third-order valence-electron chi connectivity index (χ3n) is 3.26. The Bertz CT molecular complexity index is 811. The van der Waals surface area contributed by atoms with Gasteiger partial charge in [-0.3, -0.25) is 9.59 Å². The summed E-state index contributed by atoms with van der Waals surface area (Å²) < 4.78 is 0. The Balaban J connectivity index is 2.23. The van der Waals surface area contributed by atoms with Gasteiger partial charge >= 0.3 is 0 Å². The number of nitrogens with two attached hydrogens (primary N) is 1. The Morgan fingerprint density at radius 2 is 2.23 bits per heavy atom. The first-order valence-corrected chi connectivity index (χ1v) is 6.53. The van der Waals surface area contributed by atoms with Crippen molar-refractivity contribution in [1.82, 2.24) is 16.1 Å². The highest BCUT2D eigenvalue weighted by Gasteiger charge is 2.31. The molecule has 0 fully saturated rings. The summed E-state index contributed by atoms with van der Waals surface area (Å²) in [5.41, 5.74) is 10.3. The van der Waals surface area contributed by atoms with E-state index in [1.54, 1.807) is 13.1 Å². The van der Waals surface area contributed by atoms with Gasteiger partial charge in [0.25, 0.3) is 5.91 Å². The fourth-order valence-electron chi connectivity index (χ4n) is 2.35. The molecule has 0 atom stereocenters. The maximum atomic E-state index is 12.2. The van der Waals surface area contributed by atoms with E-state index in [0.717, 1.165) is 0 Å². The first-order valence-electron chi connectivity index (χ1n) is 6.53. The minimum Gasteiger partial charge on any atom is -0.366 e. The number of hydrogen-bond donors (Lipinski definition) is 3. The topological polar surface area (TPSA) is 111 Å². The molecule has 0 spiro atoms. The SMILES string of the molecule is CNCC#CC1=C2C=NNC(=O)c3c(C(N)=O)ccc(c32)[N]1. The molecule has 0 bridgehead atoms. The van der Waals surface area contributed by atoms with E-state index >= 15 is 0 Å². The summed E-state index contributed by atoms with van der Waals surface area (Å²) in [7, 11) is 1.79. The summed E-state index contributed by atoms with van der Waals surface area (Å²) in [5, 5.41) is 11.2. The molecule has 7 nitrogen and oxygen atoms in total. The normalized spacial score (nSPS) is 14.5. The number of rotatable bonds is 2. The van der Waals surface area contributed by atoms with Crippen LogP contribution in [-0.2, 0) is 0 Å². The van der Waals surface area contributed by atoms with Crippen molar-refractivity contribution in [1.29, 1.82) is 0 Å². The van der Waals surface area contributed by atoms with E-state index < -0.39 is 11.8 Å². The minimum atomic E-state index is -0.677. The van der Waals surface area contributed by atoms with Gasteiger partial charge in [-0.1, -0.05) is 5.92 Å². The molecule has 0 unspecified atom stereocenters. The van der Waals surface area contributed by atoms with Gasteiger partial charge < -0.3 is 11.1 Å². The zero-order valence-electron chi connectivity index (χ0n) is 11.7. The van der Waals surface area contributed by atoms with Crippen LogP contribution in [0, 0.1) is 11.8 Å². The predicted octanol–water partition coefficient (Wildman–Crippen LogP) is -0.302. The molecule has 22 heavy (non-hydrogen) atoms. The number of carbonyl (C=O) groups is 2. The highest BCUT2D eigenvalue weighted by atomic mass is 16.2. The van der Waals surface area contributed by atoms with Gasteiger partial charge in [-0.05, 0) is 25.1 Å². The molecule has 3 rings (SSSR count). The van der Waals surface area contributed by atoms with Crippen molar-refractivity contribution in [2.24, 2.45) is 10.8 Å². The molecule has 0 aliphatic carbocycles. The number of benzene rings is 1. The second-order valence-electron chi connectivity index (χ2n) is 4.65. The van der Waals surface area contributed by atoms with E-state index in [-0.39, 0.29) is 11.1 Å². The molecule has 4 N–H and O–H groups in total. The Morgan fingerprint density at radius 3 is 2.95 bits per heavy atom. The zero-order chi connectivity index (χ0) is 15.7. The average Bonchev–Trinajstić information content (AvgIpc) is 2.74. The van der Waals surface area contributed by atoms with Crippen molar-refractivity contribution in [3.63, 3.8) is 0 Å². The van der Waals surface area contributed by atoms with Crippen LogP contribution in [0.15, 0.2) is 22.9 Å². The van der Waals surface area contributed by atoms with Crippen LogP contribution in [0.4, 0.5) is 5.69 Å². The molecule has 0 aromatic heterocycles. The first kappa shape index (κ1) is 13.9. The first-order chi connectivity index (χ1) is 10.6. The number of carbonyl (C=O) groups excluding carboxylic acids is 2. The summed E-state index contributed by atoms with van der Waals surface area (Å²) >= 11 is 0. The van der Waals surface area contributed by atoms with Gasteiger partial charge in [-0.15, -0.1) is 0 Å². The summed E-state index contributed by atoms with van der Waals surface area (Å²) in [6, 6.07) is 3.14. The molecular weight excluding hydrogens is 282 g/mol. The number of amides is 2. The summed E-state index contributed by atoms with van der Waals surface area (Å²) in [5.74, 6) is 4.69. The van der Waals surface area contributed by atoms with Crippen LogP contribution in [0.2, 0.25) is 0 Å². The number of nitrogens with one attached hydrogen (secondary N) is 2. The van der Waals surface area contributed by atoms with Crippen LogP contribution in [0.5, 0.6) is 0 Å². The third-order valence-corrected chi connectivity index (χ3v) is 3.26. The monoisotopic (exact) mass is 294 g/mol. The molecule has 2 aliphatic heterocycles. The number of hydrogen-bond acceptors (Lipinski definition) is 4. The lowest BCUT2D eigenvalue weighted by Crippen LogP contribution is -2.23. The van der Waals surface area contributed by atoms with Gasteiger partial charge in [-0.2, -0.15) is 5.10 Å². The third kappa shape index (κ3) is 2.12. The Morgan fingerprint density at radius 1 is 1.41 bits per heavy atom. The maximum absolute atomic E-state index is 12.2. The summed E-state index contributed by atoms with van der Waals surface area (Å²) in [6.45, 7) is 0.510. The van der Waals surface area contributed by atoms with Gasteiger partial charge in [0.2, 0.25) is 5.91 Å². The van der Waals surface area contributed by atoms with Crippen molar-refractivity contribution in [3.05, 3.63) is 34.5 Å². The smallest absolute Gasteiger partial charge is 0.272 e. The predicted molar refractivity (Wildman–Crippen MR) is 81.3 cm³/mol. The van der Waals surface area contributed by atoms with Gasteiger partial charge in [0.1, 0.15) is 5.70 Å². The molecule has 1 aromatic rings. The van der Waals surface area contributed by atoms with Crippen molar-refractivity contribution in [2.75, 3.05) is 13.6 Å². The molecule has 2 amide bonds. The number of nitrogens with zero attached hydrogens (tertiary/aromatic N) is 2. The maximum Gasteiger partial charge on any atom is 0.272 e. The number of hydrazone groups is 1. The highest BCUT2D eigenvalue weighted by molar-refractivity contribution is 6.23. The van der Waals surface area contributed by atoms with Crippen LogP contribution in [0.1, 0.15) is 26.3 Å². The van der Waals surface area contributed by atoms with Gasteiger partial charge in [0.05, 0.1) is 29.6 Å². The molecule has 7 heteroatoms. The second-order valence-corrected chi connectivity index (χ2v) is 4.65. The van der Waals surface area contributed by atoms with E-state index in [1.165, 1.54) is 12.3 Å². The quantitative estimate of drug-likeness (QED) is 0.651. The second kappa shape index (κ2) is 5.35. The number of primary amides is 1. The lowest BCUT2D eigenvalue weighted by Gasteiger charge is -2.09. The van der Waals surface area contributed by atoms with E-state index in [0.29, 0.717) is 29.1 Å².